The topological polar surface area (TPSA) is 234 Å². The van der Waals surface area contributed by atoms with Gasteiger partial charge < -0.3 is 48.5 Å². The van der Waals surface area contributed by atoms with Crippen molar-refractivity contribution >= 4 is 35.6 Å². The third kappa shape index (κ3) is 3.80. The van der Waals surface area contributed by atoms with Crippen LogP contribution in [0.5, 0.6) is 0 Å². The zero-order valence-electron chi connectivity index (χ0n) is 30.4. The molecular weight excluding hydrogens is 688 g/mol. The highest BCUT2D eigenvalue weighted by Crippen LogP contribution is 2.81. The van der Waals surface area contributed by atoms with Gasteiger partial charge >= 0.3 is 29.8 Å². The number of aliphatic hydroxyl groups excluding tert-OH is 1. The molecule has 0 bridgehead atoms. The van der Waals surface area contributed by atoms with Gasteiger partial charge in [-0.25, -0.2) is 4.79 Å². The average molecular weight is 735 g/mol. The standard InChI is InChI=1S/C36H46O16/c1-11-18-21(33(8)34(9,44)30(43)52-36(33)27(11)51-36)24(46-12(2)37)19-17-20(25(47-13(3)38)28(31(18,19)6)48-14(4)39)32(7)29(49-15(5)40)23-16(50-23)10-35(32,45)26(42)22(17)41/h11,16-25,27-29,41,44-45H,10H2,1-9H3/t11-,16-,17?,18-,19+,20?,21-,22+,23-,24+,25-,27+,28-,29-,31+,32-,33-,34+,35-,36-/m0/s1. The van der Waals surface area contributed by atoms with Crippen LogP contribution in [0.1, 0.15) is 68.7 Å². The van der Waals surface area contributed by atoms with E-state index >= 15 is 0 Å². The van der Waals surface area contributed by atoms with E-state index in [-0.39, 0.29) is 6.42 Å². The Morgan fingerprint density at radius 1 is 0.769 bits per heavy atom. The Morgan fingerprint density at radius 3 is 1.90 bits per heavy atom. The van der Waals surface area contributed by atoms with Gasteiger partial charge in [0.05, 0.1) is 16.9 Å². The number of Topliss-reactive ketones (excluding diaryl/α,β-unsaturated/α-hetero) is 1. The predicted octanol–water partition coefficient (Wildman–Crippen LogP) is -0.261. The number of carbonyl (C=O) groups is 6. The zero-order chi connectivity index (χ0) is 38.2. The first kappa shape index (κ1) is 35.8. The number of hydrogen-bond donors (Lipinski definition) is 3. The fourth-order valence-corrected chi connectivity index (χ4v) is 13.2. The highest BCUT2D eigenvalue weighted by Gasteiger charge is 2.94. The Kier molecular flexibility index (Phi) is 7.11. The number of esters is 5. The summed E-state index contributed by atoms with van der Waals surface area (Å²) in [7, 11) is 0. The molecule has 0 radical (unpaired) electrons. The van der Waals surface area contributed by atoms with Gasteiger partial charge in [0.2, 0.25) is 5.79 Å². The maximum Gasteiger partial charge on any atom is 0.341 e. The Hall–Kier alpha value is -3.18. The molecule has 3 N–H and O–H groups in total. The van der Waals surface area contributed by atoms with Crippen molar-refractivity contribution in [3.05, 3.63) is 0 Å². The highest BCUT2D eigenvalue weighted by atomic mass is 16.8. The van der Waals surface area contributed by atoms with Crippen LogP contribution in [0.2, 0.25) is 0 Å². The smallest absolute Gasteiger partial charge is 0.341 e. The minimum absolute atomic E-state index is 0.268. The molecule has 3 aliphatic heterocycles. The molecule has 0 amide bonds. The van der Waals surface area contributed by atoms with E-state index in [2.05, 4.69) is 0 Å². The van der Waals surface area contributed by atoms with Gasteiger partial charge in [0, 0.05) is 63.2 Å². The van der Waals surface area contributed by atoms with Crippen molar-refractivity contribution in [2.75, 3.05) is 0 Å². The van der Waals surface area contributed by atoms with Gasteiger partial charge in [0.15, 0.2) is 11.4 Å². The number of rotatable bonds is 4. The summed E-state index contributed by atoms with van der Waals surface area (Å²) in [6.45, 7) is 12.7. The van der Waals surface area contributed by atoms with Gasteiger partial charge in [-0.1, -0.05) is 20.8 Å². The molecule has 52 heavy (non-hydrogen) atoms. The largest absolute Gasteiger partial charge is 0.462 e. The summed E-state index contributed by atoms with van der Waals surface area (Å²) in [4.78, 5) is 80.3. The lowest BCUT2D eigenvalue weighted by atomic mass is 9.39. The zero-order valence-corrected chi connectivity index (χ0v) is 30.4. The summed E-state index contributed by atoms with van der Waals surface area (Å²) in [5.41, 5.74) is -9.49. The van der Waals surface area contributed by atoms with Gasteiger partial charge in [0.1, 0.15) is 48.3 Å². The van der Waals surface area contributed by atoms with E-state index in [1.807, 2.05) is 6.92 Å². The Labute approximate surface area is 299 Å². The molecule has 0 aromatic rings. The van der Waals surface area contributed by atoms with Crippen molar-refractivity contribution < 1.29 is 77.2 Å². The van der Waals surface area contributed by atoms with Gasteiger partial charge in [0.25, 0.3) is 0 Å². The van der Waals surface area contributed by atoms with Crippen LogP contribution in [-0.4, -0.2) is 117 Å². The highest BCUT2D eigenvalue weighted by molar-refractivity contribution is 5.94. The maximum atomic E-state index is 14.7. The van der Waals surface area contributed by atoms with Crippen molar-refractivity contribution in [3.63, 3.8) is 0 Å². The van der Waals surface area contributed by atoms with E-state index in [4.69, 9.17) is 33.2 Å². The van der Waals surface area contributed by atoms with Crippen LogP contribution < -0.4 is 0 Å². The lowest BCUT2D eigenvalue weighted by Gasteiger charge is -2.67. The van der Waals surface area contributed by atoms with Crippen molar-refractivity contribution in [3.8, 4) is 0 Å². The summed E-state index contributed by atoms with van der Waals surface area (Å²) < 4.78 is 42.3. The fraction of sp³-hybridized carbons (Fsp3) is 0.833. The van der Waals surface area contributed by atoms with Crippen LogP contribution in [0, 0.1) is 51.8 Å². The summed E-state index contributed by atoms with van der Waals surface area (Å²) in [6, 6.07) is 0. The van der Waals surface area contributed by atoms with Gasteiger partial charge in [-0.2, -0.15) is 0 Å². The predicted molar refractivity (Wildman–Crippen MR) is 167 cm³/mol. The quantitative estimate of drug-likeness (QED) is 0.192. The van der Waals surface area contributed by atoms with Gasteiger partial charge in [-0.3, -0.25) is 24.0 Å². The van der Waals surface area contributed by atoms with Crippen molar-refractivity contribution in [1.82, 2.24) is 0 Å². The SMILES string of the molecule is CC(=O)O[C@H]1[C@@H]2[C@H]([C@H](C)[C@H]3O[C@]34OC(=O)[C@@](C)(O)[C@]24C)[C@]2(C)[C@@H]1C1C([C@H](OC(C)=O)[C@@H]2OC(C)=O)[C@@]2(C)[C@@H](OC(C)=O)[C@H]3O[C@H]3C[C@]2(O)C(=O)[C@@H]1O. The maximum absolute atomic E-state index is 14.7. The number of hydrogen-bond acceptors (Lipinski definition) is 16. The summed E-state index contributed by atoms with van der Waals surface area (Å²) in [6.07, 6.45) is -9.92. The minimum atomic E-state index is -2.39. The number of aliphatic hydroxyl groups is 3. The van der Waals surface area contributed by atoms with Crippen LogP contribution in [0.4, 0.5) is 0 Å². The number of fused-ring (bicyclic) bond motifs is 9. The molecular formula is C36H46O16. The monoisotopic (exact) mass is 734 g/mol. The lowest BCUT2D eigenvalue weighted by molar-refractivity contribution is -0.297. The van der Waals surface area contributed by atoms with E-state index < -0.39 is 153 Å². The first-order valence-corrected chi connectivity index (χ1v) is 17.9. The van der Waals surface area contributed by atoms with E-state index in [0.717, 1.165) is 13.8 Å². The van der Waals surface area contributed by atoms with Gasteiger partial charge in [-0.05, 0) is 25.7 Å². The Balaban J connectivity index is 1.43. The summed E-state index contributed by atoms with van der Waals surface area (Å²) in [5.74, 6) is -12.7. The molecule has 1 spiro atoms. The third-order valence-corrected chi connectivity index (χ3v) is 15.2. The van der Waals surface area contributed by atoms with Crippen LogP contribution in [0.3, 0.4) is 0 Å². The number of epoxide rings is 2. The summed E-state index contributed by atoms with van der Waals surface area (Å²) >= 11 is 0. The Bertz CT molecular complexity index is 1710. The van der Waals surface area contributed by atoms with Crippen LogP contribution in [0.25, 0.3) is 0 Å². The molecule has 3 saturated heterocycles. The minimum Gasteiger partial charge on any atom is -0.462 e. The first-order valence-electron chi connectivity index (χ1n) is 17.9. The lowest BCUT2D eigenvalue weighted by Crippen LogP contribution is -2.80. The van der Waals surface area contributed by atoms with Gasteiger partial charge in [-0.15, -0.1) is 0 Å². The second-order valence-corrected chi connectivity index (χ2v) is 17.3. The molecule has 16 heteroatoms. The molecule has 0 aromatic heterocycles. The van der Waals surface area contributed by atoms with Crippen LogP contribution >= 0.6 is 0 Å². The normalized spacial score (nSPS) is 57.2. The number of ether oxygens (including phenoxy) is 7. The molecule has 286 valence electrons. The second-order valence-electron chi connectivity index (χ2n) is 17.3. The molecule has 0 aromatic carbocycles. The third-order valence-electron chi connectivity index (χ3n) is 15.2. The molecule has 8 aliphatic rings. The molecule has 5 aliphatic carbocycles. The van der Waals surface area contributed by atoms with Crippen molar-refractivity contribution in [1.29, 1.82) is 0 Å². The average Bonchev–Trinajstić information content (AvgIpc) is 3.92. The number of ketones is 1. The molecule has 8 fully saturated rings. The summed E-state index contributed by atoms with van der Waals surface area (Å²) in [5, 5.41) is 37.0. The van der Waals surface area contributed by atoms with E-state index in [1.54, 1.807) is 13.8 Å². The van der Waals surface area contributed by atoms with E-state index in [1.165, 1.54) is 27.7 Å². The molecule has 16 nitrogen and oxygen atoms in total. The molecule has 8 rings (SSSR count). The van der Waals surface area contributed by atoms with Crippen LogP contribution in [0.15, 0.2) is 0 Å². The van der Waals surface area contributed by atoms with Crippen molar-refractivity contribution in [2.24, 2.45) is 51.8 Å². The van der Waals surface area contributed by atoms with Crippen molar-refractivity contribution in [2.45, 2.75) is 135 Å². The molecule has 20 atom stereocenters. The number of carbonyl (C=O) groups excluding carboxylic acids is 6. The molecule has 3 heterocycles. The molecule has 5 saturated carbocycles. The second kappa shape index (κ2) is 10.3. The molecule has 2 unspecified atom stereocenters. The van der Waals surface area contributed by atoms with E-state index in [0.29, 0.717) is 0 Å². The van der Waals surface area contributed by atoms with E-state index in [9.17, 15) is 44.1 Å². The first-order chi connectivity index (χ1) is 24.0. The fourth-order valence-electron chi connectivity index (χ4n) is 13.2. The van der Waals surface area contributed by atoms with Crippen LogP contribution in [-0.2, 0) is 61.9 Å². The Morgan fingerprint density at radius 2 is 1.33 bits per heavy atom.